The van der Waals surface area contributed by atoms with E-state index in [-0.39, 0.29) is 0 Å². The Kier molecular flexibility index (Phi) is 4.25. The number of nitrogens with two attached hydrogens (primary N) is 1. The predicted molar refractivity (Wildman–Crippen MR) is 81.2 cm³/mol. The molecule has 3 nitrogen and oxygen atoms in total. The zero-order valence-electron chi connectivity index (χ0n) is 12.5. The second-order valence-electron chi connectivity index (χ2n) is 5.81. The Morgan fingerprint density at radius 1 is 1.26 bits per heavy atom. The minimum atomic E-state index is 0.493. The third-order valence-electron chi connectivity index (χ3n) is 3.68. The molecule has 0 saturated heterocycles. The fourth-order valence-corrected chi connectivity index (χ4v) is 2.44. The molecule has 0 bridgehead atoms. The molecule has 0 amide bonds. The molecule has 0 aliphatic carbocycles. The summed E-state index contributed by atoms with van der Waals surface area (Å²) >= 11 is 0. The van der Waals surface area contributed by atoms with Gasteiger partial charge in [-0.1, -0.05) is 33.8 Å². The van der Waals surface area contributed by atoms with Gasteiger partial charge in [0.1, 0.15) is 5.82 Å². The van der Waals surface area contributed by atoms with Gasteiger partial charge in [0.15, 0.2) is 0 Å². The Bertz CT molecular complexity index is 554. The topological polar surface area (TPSA) is 43.8 Å². The van der Waals surface area contributed by atoms with Crippen LogP contribution < -0.4 is 5.73 Å². The van der Waals surface area contributed by atoms with Crippen molar-refractivity contribution in [3.05, 3.63) is 29.6 Å². The summed E-state index contributed by atoms with van der Waals surface area (Å²) in [4.78, 5) is 4.85. The summed E-state index contributed by atoms with van der Waals surface area (Å²) in [5.74, 6) is 2.32. The van der Waals surface area contributed by atoms with Crippen molar-refractivity contribution >= 4 is 11.0 Å². The molecule has 0 aliphatic rings. The minimum absolute atomic E-state index is 0.493. The molecule has 0 spiro atoms. The van der Waals surface area contributed by atoms with Crippen LogP contribution in [-0.4, -0.2) is 9.55 Å². The normalized spacial score (nSPS) is 13.4. The molecule has 19 heavy (non-hydrogen) atoms. The molecule has 0 radical (unpaired) electrons. The van der Waals surface area contributed by atoms with Gasteiger partial charge < -0.3 is 10.3 Å². The van der Waals surface area contributed by atoms with Crippen LogP contribution in [0.1, 0.15) is 51.4 Å². The van der Waals surface area contributed by atoms with Crippen molar-refractivity contribution in [1.82, 2.24) is 9.55 Å². The lowest BCUT2D eigenvalue weighted by Gasteiger charge is -2.15. The maximum atomic E-state index is 5.72. The number of benzene rings is 1. The average Bonchev–Trinajstić information content (AvgIpc) is 2.75. The van der Waals surface area contributed by atoms with Crippen molar-refractivity contribution in [1.29, 1.82) is 0 Å². The standard InChI is InChI=1S/C16H25N3/c1-5-12(4)16-18-14-8-13(9-17)6-7-15(14)19(16)10-11(2)3/h6-8,11-12H,5,9-10,17H2,1-4H3. The van der Waals surface area contributed by atoms with E-state index in [4.69, 9.17) is 10.7 Å². The fraction of sp³-hybridized carbons (Fsp3) is 0.562. The smallest absolute Gasteiger partial charge is 0.112 e. The lowest BCUT2D eigenvalue weighted by atomic mass is 10.1. The second-order valence-corrected chi connectivity index (χ2v) is 5.81. The molecule has 0 saturated carbocycles. The zero-order valence-corrected chi connectivity index (χ0v) is 12.5. The van der Waals surface area contributed by atoms with Crippen molar-refractivity contribution in [2.24, 2.45) is 11.7 Å². The van der Waals surface area contributed by atoms with Crippen LogP contribution in [0.15, 0.2) is 18.2 Å². The van der Waals surface area contributed by atoms with Gasteiger partial charge in [-0.25, -0.2) is 4.98 Å². The van der Waals surface area contributed by atoms with Crippen molar-refractivity contribution in [3.8, 4) is 0 Å². The summed E-state index contributed by atoms with van der Waals surface area (Å²) in [5, 5.41) is 0. The summed E-state index contributed by atoms with van der Waals surface area (Å²) in [6.07, 6.45) is 1.12. The largest absolute Gasteiger partial charge is 0.328 e. The highest BCUT2D eigenvalue weighted by Crippen LogP contribution is 2.25. The number of imidazole rings is 1. The number of hydrogen-bond acceptors (Lipinski definition) is 2. The maximum absolute atomic E-state index is 5.72. The molecule has 1 unspecified atom stereocenters. The van der Waals surface area contributed by atoms with Gasteiger partial charge in [-0.15, -0.1) is 0 Å². The Hall–Kier alpha value is -1.35. The summed E-state index contributed by atoms with van der Waals surface area (Å²) in [5.41, 5.74) is 9.19. The van der Waals surface area contributed by atoms with Gasteiger partial charge in [-0.05, 0) is 30.0 Å². The number of nitrogens with zero attached hydrogens (tertiary/aromatic N) is 2. The molecule has 3 heteroatoms. The molecular weight excluding hydrogens is 234 g/mol. The molecule has 0 fully saturated rings. The number of fused-ring (bicyclic) bond motifs is 1. The van der Waals surface area contributed by atoms with Crippen molar-refractivity contribution < 1.29 is 0 Å². The van der Waals surface area contributed by atoms with E-state index < -0.39 is 0 Å². The van der Waals surface area contributed by atoms with Crippen LogP contribution >= 0.6 is 0 Å². The van der Waals surface area contributed by atoms with E-state index in [0.29, 0.717) is 18.4 Å². The molecule has 1 aromatic heterocycles. The molecule has 104 valence electrons. The van der Waals surface area contributed by atoms with Gasteiger partial charge in [0.05, 0.1) is 11.0 Å². The number of hydrogen-bond donors (Lipinski definition) is 1. The molecule has 2 N–H and O–H groups in total. The third kappa shape index (κ3) is 2.81. The van der Waals surface area contributed by atoms with Crippen molar-refractivity contribution in [2.75, 3.05) is 0 Å². The Morgan fingerprint density at radius 3 is 2.58 bits per heavy atom. The highest BCUT2D eigenvalue weighted by molar-refractivity contribution is 5.77. The monoisotopic (exact) mass is 259 g/mol. The van der Waals surface area contributed by atoms with Gasteiger partial charge in [0, 0.05) is 19.0 Å². The number of rotatable bonds is 5. The fourth-order valence-electron chi connectivity index (χ4n) is 2.44. The first kappa shape index (κ1) is 14.1. The summed E-state index contributed by atoms with van der Waals surface area (Å²) in [6.45, 7) is 10.6. The second kappa shape index (κ2) is 5.74. The van der Waals surface area contributed by atoms with Crippen molar-refractivity contribution in [3.63, 3.8) is 0 Å². The van der Waals surface area contributed by atoms with E-state index in [2.05, 4.69) is 50.5 Å². The highest BCUT2D eigenvalue weighted by atomic mass is 15.1. The Labute approximate surface area is 115 Å². The zero-order chi connectivity index (χ0) is 14.0. The molecule has 2 aromatic rings. The van der Waals surface area contributed by atoms with Gasteiger partial charge in [0.25, 0.3) is 0 Å². The first-order valence-corrected chi connectivity index (χ1v) is 7.25. The Balaban J connectivity index is 2.58. The van der Waals surface area contributed by atoms with Crippen LogP contribution in [0, 0.1) is 5.92 Å². The SMILES string of the molecule is CCC(C)c1nc2cc(CN)ccc2n1CC(C)C. The first-order chi connectivity index (χ1) is 9.06. The number of aromatic nitrogens is 2. The Morgan fingerprint density at radius 2 is 2.00 bits per heavy atom. The predicted octanol–water partition coefficient (Wildman–Crippen LogP) is 3.66. The molecule has 0 aliphatic heterocycles. The molecular formula is C16H25N3. The van der Waals surface area contributed by atoms with E-state index in [0.717, 1.165) is 24.0 Å². The summed E-state index contributed by atoms with van der Waals surface area (Å²) < 4.78 is 2.38. The van der Waals surface area contributed by atoms with Gasteiger partial charge in [-0.3, -0.25) is 0 Å². The minimum Gasteiger partial charge on any atom is -0.328 e. The quantitative estimate of drug-likeness (QED) is 0.890. The molecule has 1 atom stereocenters. The van der Waals surface area contributed by atoms with E-state index in [1.54, 1.807) is 0 Å². The third-order valence-corrected chi connectivity index (χ3v) is 3.68. The lowest BCUT2D eigenvalue weighted by molar-refractivity contribution is 0.499. The van der Waals surface area contributed by atoms with Crippen LogP contribution in [0.2, 0.25) is 0 Å². The van der Waals surface area contributed by atoms with Crippen LogP contribution in [0.5, 0.6) is 0 Å². The van der Waals surface area contributed by atoms with Crippen LogP contribution in [0.4, 0.5) is 0 Å². The molecule has 2 rings (SSSR count). The highest BCUT2D eigenvalue weighted by Gasteiger charge is 2.16. The van der Waals surface area contributed by atoms with Crippen LogP contribution in [0.25, 0.3) is 11.0 Å². The van der Waals surface area contributed by atoms with E-state index >= 15 is 0 Å². The first-order valence-electron chi connectivity index (χ1n) is 7.25. The average molecular weight is 259 g/mol. The van der Waals surface area contributed by atoms with E-state index in [1.165, 1.54) is 11.3 Å². The molecule has 1 aromatic carbocycles. The van der Waals surface area contributed by atoms with E-state index in [1.807, 2.05) is 0 Å². The lowest BCUT2D eigenvalue weighted by Crippen LogP contribution is -2.10. The van der Waals surface area contributed by atoms with Crippen LogP contribution in [-0.2, 0) is 13.1 Å². The summed E-state index contributed by atoms with van der Waals surface area (Å²) in [6, 6.07) is 6.40. The maximum Gasteiger partial charge on any atom is 0.112 e. The summed E-state index contributed by atoms with van der Waals surface area (Å²) in [7, 11) is 0. The van der Waals surface area contributed by atoms with Gasteiger partial charge >= 0.3 is 0 Å². The van der Waals surface area contributed by atoms with Gasteiger partial charge in [0.2, 0.25) is 0 Å². The van der Waals surface area contributed by atoms with Gasteiger partial charge in [-0.2, -0.15) is 0 Å². The van der Waals surface area contributed by atoms with E-state index in [9.17, 15) is 0 Å². The van der Waals surface area contributed by atoms with Crippen molar-refractivity contribution in [2.45, 2.75) is 53.1 Å². The molecule has 1 heterocycles. The van der Waals surface area contributed by atoms with Crippen LogP contribution in [0.3, 0.4) is 0 Å².